The van der Waals surface area contributed by atoms with Crippen molar-refractivity contribution in [1.82, 2.24) is 5.32 Å². The van der Waals surface area contributed by atoms with Crippen LogP contribution in [0.3, 0.4) is 0 Å². The van der Waals surface area contributed by atoms with Crippen LogP contribution in [0.2, 0.25) is 0 Å². The minimum absolute atomic E-state index is 0.218. The second kappa shape index (κ2) is 8.49. The van der Waals surface area contributed by atoms with Gasteiger partial charge in [-0.05, 0) is 49.2 Å². The van der Waals surface area contributed by atoms with Gasteiger partial charge in [0, 0.05) is 24.9 Å². The summed E-state index contributed by atoms with van der Waals surface area (Å²) in [6.45, 7) is 2.97. The van der Waals surface area contributed by atoms with E-state index >= 15 is 0 Å². The highest BCUT2D eigenvalue weighted by atomic mass is 16.5. The summed E-state index contributed by atoms with van der Waals surface area (Å²) in [6, 6.07) is 14.4. The zero-order valence-electron chi connectivity index (χ0n) is 15.2. The van der Waals surface area contributed by atoms with Crippen LogP contribution in [0, 0.1) is 6.92 Å². The number of nitrogens with zero attached hydrogens (tertiary/aromatic N) is 1. The molecule has 1 aliphatic heterocycles. The first kappa shape index (κ1) is 18.6. The summed E-state index contributed by atoms with van der Waals surface area (Å²) in [5.41, 5.74) is 1.99. The fourth-order valence-corrected chi connectivity index (χ4v) is 2.92. The molecule has 0 aromatic heterocycles. The Labute approximate surface area is 158 Å². The van der Waals surface area contributed by atoms with E-state index in [0.717, 1.165) is 16.2 Å². The van der Waals surface area contributed by atoms with Gasteiger partial charge in [-0.15, -0.1) is 0 Å². The van der Waals surface area contributed by atoms with Crippen LogP contribution in [0.5, 0.6) is 5.75 Å². The van der Waals surface area contributed by atoms with Gasteiger partial charge in [-0.3, -0.25) is 19.3 Å². The lowest BCUT2D eigenvalue weighted by Gasteiger charge is -2.15. The molecule has 1 fully saturated rings. The molecule has 3 rings (SSSR count). The summed E-state index contributed by atoms with van der Waals surface area (Å²) >= 11 is 0. The minimum atomic E-state index is -0.244. The van der Waals surface area contributed by atoms with Crippen LogP contribution in [0.15, 0.2) is 48.5 Å². The lowest BCUT2D eigenvalue weighted by atomic mass is 10.1. The van der Waals surface area contributed by atoms with Crippen LogP contribution < -0.4 is 15.0 Å². The zero-order chi connectivity index (χ0) is 19.2. The number of carbonyl (C=O) groups is 3. The largest absolute Gasteiger partial charge is 0.494 e. The van der Waals surface area contributed by atoms with Gasteiger partial charge in [-0.25, -0.2) is 0 Å². The highest BCUT2D eigenvalue weighted by Crippen LogP contribution is 2.23. The molecule has 1 saturated heterocycles. The van der Waals surface area contributed by atoms with E-state index in [0.29, 0.717) is 30.8 Å². The van der Waals surface area contributed by atoms with Gasteiger partial charge < -0.3 is 10.1 Å². The van der Waals surface area contributed by atoms with Crippen molar-refractivity contribution in [3.63, 3.8) is 0 Å². The second-order valence-corrected chi connectivity index (χ2v) is 6.45. The van der Waals surface area contributed by atoms with Crippen molar-refractivity contribution in [2.45, 2.75) is 26.2 Å². The molecule has 27 heavy (non-hydrogen) atoms. The molecule has 0 unspecified atom stereocenters. The standard InChI is InChI=1S/C21H22N2O4/c1-15-5-2-8-18(13-15)27-12-4-11-22-21(26)16-6-3-7-17(14-16)23-19(24)9-10-20(23)25/h2-3,5-8,13-14H,4,9-12H2,1H3,(H,22,26). The molecule has 1 N–H and O–H groups in total. The Bertz CT molecular complexity index is 847. The van der Waals surface area contributed by atoms with Crippen molar-refractivity contribution in [2.24, 2.45) is 0 Å². The van der Waals surface area contributed by atoms with Gasteiger partial charge in [0.1, 0.15) is 5.75 Å². The molecule has 1 aliphatic rings. The number of anilines is 1. The fourth-order valence-electron chi connectivity index (χ4n) is 2.92. The number of carbonyl (C=O) groups excluding carboxylic acids is 3. The Morgan fingerprint density at radius 3 is 2.56 bits per heavy atom. The molecule has 2 aromatic carbocycles. The third-order valence-corrected chi connectivity index (χ3v) is 4.28. The summed E-state index contributed by atoms with van der Waals surface area (Å²) in [5.74, 6) is 0.109. The number of benzene rings is 2. The summed E-state index contributed by atoms with van der Waals surface area (Å²) in [7, 11) is 0. The monoisotopic (exact) mass is 366 g/mol. The van der Waals surface area contributed by atoms with Crippen LogP contribution >= 0.6 is 0 Å². The Balaban J connectivity index is 1.49. The molecule has 6 nitrogen and oxygen atoms in total. The average Bonchev–Trinajstić information content (AvgIpc) is 3.00. The molecular formula is C21H22N2O4. The minimum Gasteiger partial charge on any atom is -0.494 e. The van der Waals surface area contributed by atoms with Gasteiger partial charge in [0.15, 0.2) is 0 Å². The highest BCUT2D eigenvalue weighted by Gasteiger charge is 2.30. The highest BCUT2D eigenvalue weighted by molar-refractivity contribution is 6.20. The number of imide groups is 1. The van der Waals surface area contributed by atoms with Gasteiger partial charge in [0.05, 0.1) is 12.3 Å². The van der Waals surface area contributed by atoms with Gasteiger partial charge in [0.2, 0.25) is 11.8 Å². The molecule has 140 valence electrons. The molecule has 1 heterocycles. The van der Waals surface area contributed by atoms with E-state index < -0.39 is 0 Å². The summed E-state index contributed by atoms with van der Waals surface area (Å²) < 4.78 is 5.65. The van der Waals surface area contributed by atoms with Gasteiger partial charge in [0.25, 0.3) is 5.91 Å². The Hall–Kier alpha value is -3.15. The summed E-state index contributed by atoms with van der Waals surface area (Å²) in [5, 5.41) is 2.83. The number of nitrogens with one attached hydrogen (secondary N) is 1. The smallest absolute Gasteiger partial charge is 0.251 e. The fraction of sp³-hybridized carbons (Fsp3) is 0.286. The van der Waals surface area contributed by atoms with Gasteiger partial charge >= 0.3 is 0 Å². The van der Waals surface area contributed by atoms with Crippen molar-refractivity contribution in [3.8, 4) is 5.75 Å². The molecule has 0 atom stereocenters. The Morgan fingerprint density at radius 1 is 1.07 bits per heavy atom. The summed E-state index contributed by atoms with van der Waals surface area (Å²) in [4.78, 5) is 37.1. The molecule has 0 radical (unpaired) electrons. The molecule has 2 aromatic rings. The van der Waals surface area contributed by atoms with Crippen molar-refractivity contribution < 1.29 is 19.1 Å². The molecule has 0 bridgehead atoms. The van der Waals surface area contributed by atoms with E-state index in [1.807, 2.05) is 31.2 Å². The first-order valence-corrected chi connectivity index (χ1v) is 8.98. The van der Waals surface area contributed by atoms with Crippen molar-refractivity contribution in [1.29, 1.82) is 0 Å². The van der Waals surface area contributed by atoms with Gasteiger partial charge in [-0.2, -0.15) is 0 Å². The van der Waals surface area contributed by atoms with Crippen LogP contribution in [0.4, 0.5) is 5.69 Å². The van der Waals surface area contributed by atoms with Gasteiger partial charge in [-0.1, -0.05) is 18.2 Å². The molecule has 0 saturated carbocycles. The normalized spacial score (nSPS) is 13.7. The second-order valence-electron chi connectivity index (χ2n) is 6.45. The van der Waals surface area contributed by atoms with Crippen LogP contribution in [-0.2, 0) is 9.59 Å². The molecule has 6 heteroatoms. The first-order valence-electron chi connectivity index (χ1n) is 8.98. The lowest BCUT2D eigenvalue weighted by molar-refractivity contribution is -0.121. The maximum absolute atomic E-state index is 12.3. The number of ether oxygens (including phenoxy) is 1. The number of hydrogen-bond donors (Lipinski definition) is 1. The predicted molar refractivity (Wildman–Crippen MR) is 102 cm³/mol. The maximum atomic E-state index is 12.3. The molecular weight excluding hydrogens is 344 g/mol. The third kappa shape index (κ3) is 4.73. The van der Waals surface area contributed by atoms with Crippen molar-refractivity contribution in [2.75, 3.05) is 18.1 Å². The average molecular weight is 366 g/mol. The van der Waals surface area contributed by atoms with Crippen molar-refractivity contribution >= 4 is 23.4 Å². The number of rotatable bonds is 7. The zero-order valence-corrected chi connectivity index (χ0v) is 15.2. The first-order chi connectivity index (χ1) is 13.0. The molecule has 0 aliphatic carbocycles. The van der Waals surface area contributed by atoms with E-state index in [2.05, 4.69) is 5.32 Å². The van der Waals surface area contributed by atoms with Crippen molar-refractivity contribution in [3.05, 3.63) is 59.7 Å². The van der Waals surface area contributed by atoms with Crippen LogP contribution in [-0.4, -0.2) is 30.9 Å². The van der Waals surface area contributed by atoms with E-state index in [-0.39, 0.29) is 30.6 Å². The van der Waals surface area contributed by atoms with E-state index in [1.165, 1.54) is 0 Å². The lowest BCUT2D eigenvalue weighted by Crippen LogP contribution is -2.29. The maximum Gasteiger partial charge on any atom is 0.251 e. The van der Waals surface area contributed by atoms with E-state index in [4.69, 9.17) is 4.74 Å². The Morgan fingerprint density at radius 2 is 1.81 bits per heavy atom. The number of amides is 3. The SMILES string of the molecule is Cc1cccc(OCCCNC(=O)c2cccc(N3C(=O)CCC3=O)c2)c1. The predicted octanol–water partition coefficient (Wildman–Crippen LogP) is 2.85. The Kier molecular flexibility index (Phi) is 5.86. The molecule has 0 spiro atoms. The topological polar surface area (TPSA) is 75.7 Å². The van der Waals surface area contributed by atoms with Crippen LogP contribution in [0.1, 0.15) is 35.2 Å². The quantitative estimate of drug-likeness (QED) is 0.604. The number of aryl methyl sites for hydroxylation is 1. The number of hydrogen-bond acceptors (Lipinski definition) is 4. The molecule has 3 amide bonds. The van der Waals surface area contributed by atoms with Crippen LogP contribution in [0.25, 0.3) is 0 Å². The van der Waals surface area contributed by atoms with E-state index in [9.17, 15) is 14.4 Å². The van der Waals surface area contributed by atoms with E-state index in [1.54, 1.807) is 24.3 Å². The summed E-state index contributed by atoms with van der Waals surface area (Å²) in [6.07, 6.45) is 1.11. The third-order valence-electron chi connectivity index (χ3n) is 4.28.